The third-order valence-corrected chi connectivity index (χ3v) is 3.06. The van der Waals surface area contributed by atoms with Gasteiger partial charge >= 0.3 is 0 Å². The molecule has 1 amide bonds. The zero-order valence-electron chi connectivity index (χ0n) is 6.18. The molecule has 1 aliphatic heterocycles. The molecule has 0 radical (unpaired) electrons. The molecule has 1 aliphatic carbocycles. The number of hydrogen-bond acceptors (Lipinski definition) is 1. The zero-order valence-corrected chi connectivity index (χ0v) is 6.18. The lowest BCUT2D eigenvalue weighted by atomic mass is 9.75. The third-order valence-electron chi connectivity index (χ3n) is 3.06. The summed E-state index contributed by atoms with van der Waals surface area (Å²) in [5.74, 6) is 0. The fraction of sp³-hybridized carbons (Fsp3) is 0.875. The third kappa shape index (κ3) is 0.619. The number of amides is 1. The molecule has 1 heterocycles. The van der Waals surface area contributed by atoms with Crippen molar-refractivity contribution in [3.8, 4) is 0 Å². The summed E-state index contributed by atoms with van der Waals surface area (Å²) in [5, 5.41) is 0. The predicted molar refractivity (Wildman–Crippen MR) is 38.6 cm³/mol. The van der Waals surface area contributed by atoms with Crippen molar-refractivity contribution in [2.24, 2.45) is 0 Å². The van der Waals surface area contributed by atoms with Crippen LogP contribution in [0.1, 0.15) is 32.1 Å². The van der Waals surface area contributed by atoms with Gasteiger partial charge < -0.3 is 4.90 Å². The first-order valence-electron chi connectivity index (χ1n) is 4.09. The standard InChI is InChI=1S/C8H13NO/c10-7-9-6-2-5-8(9)3-1-4-8/h7H,1-6H2. The minimum Gasteiger partial charge on any atom is -0.340 e. The SMILES string of the molecule is O=CN1CCCC12CCC2. The van der Waals surface area contributed by atoms with Crippen molar-refractivity contribution in [2.75, 3.05) is 6.54 Å². The molecule has 2 fully saturated rings. The molecular formula is C8H13NO. The van der Waals surface area contributed by atoms with E-state index in [0.29, 0.717) is 5.54 Å². The lowest BCUT2D eigenvalue weighted by molar-refractivity contribution is -0.124. The molecule has 1 spiro atoms. The van der Waals surface area contributed by atoms with E-state index in [1.807, 2.05) is 4.90 Å². The highest BCUT2D eigenvalue weighted by atomic mass is 16.1. The van der Waals surface area contributed by atoms with E-state index in [-0.39, 0.29) is 0 Å². The first-order chi connectivity index (χ1) is 4.87. The molecule has 0 N–H and O–H groups in total. The Labute approximate surface area is 61.2 Å². The number of nitrogens with zero attached hydrogens (tertiary/aromatic N) is 1. The second-order valence-electron chi connectivity index (χ2n) is 3.48. The Bertz CT molecular complexity index is 151. The van der Waals surface area contributed by atoms with Gasteiger partial charge in [0.15, 0.2) is 0 Å². The van der Waals surface area contributed by atoms with E-state index in [9.17, 15) is 4.79 Å². The van der Waals surface area contributed by atoms with E-state index < -0.39 is 0 Å². The van der Waals surface area contributed by atoms with Crippen LogP contribution in [0, 0.1) is 0 Å². The lowest BCUT2D eigenvalue weighted by Gasteiger charge is -2.44. The van der Waals surface area contributed by atoms with Crippen molar-refractivity contribution < 1.29 is 4.79 Å². The van der Waals surface area contributed by atoms with Crippen LogP contribution in [0.5, 0.6) is 0 Å². The maximum Gasteiger partial charge on any atom is 0.210 e. The molecule has 0 aromatic rings. The molecule has 0 atom stereocenters. The predicted octanol–water partition coefficient (Wildman–Crippen LogP) is 1.16. The van der Waals surface area contributed by atoms with Crippen molar-refractivity contribution in [3.05, 3.63) is 0 Å². The van der Waals surface area contributed by atoms with Crippen LogP contribution in [0.4, 0.5) is 0 Å². The summed E-state index contributed by atoms with van der Waals surface area (Å²) >= 11 is 0. The lowest BCUT2D eigenvalue weighted by Crippen LogP contribution is -2.48. The summed E-state index contributed by atoms with van der Waals surface area (Å²) in [5.41, 5.74) is 0.349. The van der Waals surface area contributed by atoms with Crippen LogP contribution in [0.3, 0.4) is 0 Å². The van der Waals surface area contributed by atoms with Crippen LogP contribution in [-0.2, 0) is 4.79 Å². The summed E-state index contributed by atoms with van der Waals surface area (Å²) in [4.78, 5) is 12.6. The summed E-state index contributed by atoms with van der Waals surface area (Å²) in [6, 6.07) is 0. The Morgan fingerprint density at radius 1 is 1.20 bits per heavy atom. The Balaban J connectivity index is 2.11. The van der Waals surface area contributed by atoms with Gasteiger partial charge in [-0.2, -0.15) is 0 Å². The molecule has 2 rings (SSSR count). The van der Waals surface area contributed by atoms with Gasteiger partial charge in [-0.15, -0.1) is 0 Å². The summed E-state index contributed by atoms with van der Waals surface area (Å²) < 4.78 is 0. The van der Waals surface area contributed by atoms with Gasteiger partial charge in [-0.25, -0.2) is 0 Å². The van der Waals surface area contributed by atoms with Gasteiger partial charge in [0, 0.05) is 12.1 Å². The average Bonchev–Trinajstić information content (AvgIpc) is 2.27. The monoisotopic (exact) mass is 139 g/mol. The Kier molecular flexibility index (Phi) is 1.22. The van der Waals surface area contributed by atoms with Crippen LogP contribution in [0.25, 0.3) is 0 Å². The number of hydrogen-bond donors (Lipinski definition) is 0. The first-order valence-corrected chi connectivity index (χ1v) is 4.09. The van der Waals surface area contributed by atoms with Gasteiger partial charge in [0.25, 0.3) is 0 Å². The molecule has 1 saturated carbocycles. The van der Waals surface area contributed by atoms with Crippen molar-refractivity contribution in [2.45, 2.75) is 37.6 Å². The van der Waals surface area contributed by atoms with E-state index in [4.69, 9.17) is 0 Å². The highest BCUT2D eigenvalue weighted by molar-refractivity contribution is 5.50. The van der Waals surface area contributed by atoms with E-state index >= 15 is 0 Å². The first kappa shape index (κ1) is 6.20. The molecule has 2 heteroatoms. The van der Waals surface area contributed by atoms with Gasteiger partial charge in [-0.3, -0.25) is 4.79 Å². The molecule has 56 valence electrons. The fourth-order valence-corrected chi connectivity index (χ4v) is 2.25. The number of likely N-dealkylation sites (tertiary alicyclic amines) is 1. The fourth-order valence-electron chi connectivity index (χ4n) is 2.25. The Morgan fingerprint density at radius 3 is 2.30 bits per heavy atom. The smallest absolute Gasteiger partial charge is 0.210 e. The largest absolute Gasteiger partial charge is 0.340 e. The molecule has 0 aromatic heterocycles. The highest BCUT2D eigenvalue weighted by Gasteiger charge is 2.44. The van der Waals surface area contributed by atoms with Gasteiger partial charge in [0.1, 0.15) is 0 Å². The van der Waals surface area contributed by atoms with Crippen molar-refractivity contribution in [1.82, 2.24) is 4.90 Å². The minimum atomic E-state index is 0.349. The number of carbonyl (C=O) groups excluding carboxylic acids is 1. The van der Waals surface area contributed by atoms with Crippen molar-refractivity contribution >= 4 is 6.41 Å². The van der Waals surface area contributed by atoms with Crippen LogP contribution in [-0.4, -0.2) is 23.4 Å². The van der Waals surface area contributed by atoms with E-state index in [1.165, 1.54) is 32.1 Å². The zero-order chi connectivity index (χ0) is 7.03. The highest BCUT2D eigenvalue weighted by Crippen LogP contribution is 2.44. The summed E-state index contributed by atoms with van der Waals surface area (Å²) in [6.45, 7) is 1.00. The molecule has 0 bridgehead atoms. The Morgan fingerprint density at radius 2 is 1.90 bits per heavy atom. The second kappa shape index (κ2) is 1.97. The average molecular weight is 139 g/mol. The summed E-state index contributed by atoms with van der Waals surface area (Å²) in [6.07, 6.45) is 7.35. The molecule has 2 nitrogen and oxygen atoms in total. The van der Waals surface area contributed by atoms with E-state index in [1.54, 1.807) is 0 Å². The molecule has 10 heavy (non-hydrogen) atoms. The molecular weight excluding hydrogens is 126 g/mol. The van der Waals surface area contributed by atoms with Crippen molar-refractivity contribution in [1.29, 1.82) is 0 Å². The van der Waals surface area contributed by atoms with E-state index in [2.05, 4.69) is 0 Å². The maximum atomic E-state index is 10.5. The van der Waals surface area contributed by atoms with Crippen LogP contribution < -0.4 is 0 Å². The van der Waals surface area contributed by atoms with Crippen molar-refractivity contribution in [3.63, 3.8) is 0 Å². The van der Waals surface area contributed by atoms with Crippen LogP contribution in [0.2, 0.25) is 0 Å². The van der Waals surface area contributed by atoms with Gasteiger partial charge in [0.2, 0.25) is 6.41 Å². The van der Waals surface area contributed by atoms with Gasteiger partial charge in [-0.1, -0.05) is 0 Å². The van der Waals surface area contributed by atoms with Crippen LogP contribution >= 0.6 is 0 Å². The molecule has 2 aliphatic rings. The topological polar surface area (TPSA) is 20.3 Å². The summed E-state index contributed by atoms with van der Waals surface area (Å²) in [7, 11) is 0. The number of carbonyl (C=O) groups is 1. The number of rotatable bonds is 1. The van der Waals surface area contributed by atoms with Crippen LogP contribution in [0.15, 0.2) is 0 Å². The van der Waals surface area contributed by atoms with Gasteiger partial charge in [0.05, 0.1) is 0 Å². The normalized spacial score (nSPS) is 28.6. The quantitative estimate of drug-likeness (QED) is 0.499. The molecule has 1 saturated heterocycles. The molecule has 0 aromatic carbocycles. The second-order valence-corrected chi connectivity index (χ2v) is 3.48. The van der Waals surface area contributed by atoms with Gasteiger partial charge in [-0.05, 0) is 32.1 Å². The maximum absolute atomic E-state index is 10.5. The molecule has 0 unspecified atom stereocenters. The van der Waals surface area contributed by atoms with E-state index in [0.717, 1.165) is 13.0 Å². The minimum absolute atomic E-state index is 0.349. The Hall–Kier alpha value is -0.530.